The van der Waals surface area contributed by atoms with Gasteiger partial charge in [0.1, 0.15) is 5.69 Å². The van der Waals surface area contributed by atoms with Gasteiger partial charge in [0.25, 0.3) is 5.91 Å². The summed E-state index contributed by atoms with van der Waals surface area (Å²) in [4.78, 5) is 17.6. The first-order valence-corrected chi connectivity index (χ1v) is 7.73. The fraction of sp³-hybridized carbons (Fsp3) is 0.438. The zero-order chi connectivity index (χ0) is 14.8. The van der Waals surface area contributed by atoms with Crippen molar-refractivity contribution in [2.24, 2.45) is 5.92 Å². The van der Waals surface area contributed by atoms with Crippen molar-refractivity contribution in [1.29, 1.82) is 0 Å². The van der Waals surface area contributed by atoms with Crippen LogP contribution in [0.5, 0.6) is 0 Å². The molecule has 3 rings (SSSR count). The van der Waals surface area contributed by atoms with Crippen molar-refractivity contribution in [2.45, 2.75) is 19.3 Å². The van der Waals surface area contributed by atoms with Crippen molar-refractivity contribution in [3.8, 4) is 0 Å². The van der Waals surface area contributed by atoms with Crippen LogP contribution in [0, 0.1) is 5.92 Å². The van der Waals surface area contributed by atoms with Crippen LogP contribution in [-0.4, -0.2) is 40.6 Å². The summed E-state index contributed by atoms with van der Waals surface area (Å²) >= 11 is 5.97. The average molecular weight is 307 g/mol. The van der Waals surface area contributed by atoms with E-state index >= 15 is 0 Å². The largest absolute Gasteiger partial charge is 0.396 e. The van der Waals surface area contributed by atoms with E-state index in [1.165, 1.54) is 0 Å². The number of halogens is 1. The van der Waals surface area contributed by atoms with E-state index < -0.39 is 0 Å². The highest BCUT2D eigenvalue weighted by atomic mass is 35.5. The minimum Gasteiger partial charge on any atom is -0.396 e. The normalized spacial score (nSPS) is 16.6. The number of aromatic nitrogens is 1. The maximum absolute atomic E-state index is 12.5. The Morgan fingerprint density at radius 2 is 2.10 bits per heavy atom. The van der Waals surface area contributed by atoms with Crippen LogP contribution in [0.1, 0.15) is 29.8 Å². The number of nitrogens with zero attached hydrogens (tertiary/aromatic N) is 1. The standard InChI is InChI=1S/C16H19ClN2O2/c17-13-2-1-12-9-15(18-14(12)10-13)16(21)19-6-3-11(4-7-19)5-8-20/h1-2,9-11,18,20H,3-8H2. The van der Waals surface area contributed by atoms with E-state index in [1.807, 2.05) is 29.2 Å². The number of H-pyrrole nitrogens is 1. The predicted molar refractivity (Wildman–Crippen MR) is 83.6 cm³/mol. The molecule has 2 N–H and O–H groups in total. The fourth-order valence-electron chi connectivity index (χ4n) is 2.99. The van der Waals surface area contributed by atoms with Crippen molar-refractivity contribution in [3.63, 3.8) is 0 Å². The zero-order valence-electron chi connectivity index (χ0n) is 11.8. The van der Waals surface area contributed by atoms with Gasteiger partial charge >= 0.3 is 0 Å². The Morgan fingerprint density at radius 3 is 2.81 bits per heavy atom. The molecule has 1 fully saturated rings. The van der Waals surface area contributed by atoms with Crippen LogP contribution < -0.4 is 0 Å². The molecule has 1 amide bonds. The van der Waals surface area contributed by atoms with E-state index in [-0.39, 0.29) is 12.5 Å². The number of nitrogens with one attached hydrogen (secondary N) is 1. The van der Waals surface area contributed by atoms with Crippen molar-refractivity contribution in [1.82, 2.24) is 9.88 Å². The fourth-order valence-corrected chi connectivity index (χ4v) is 3.16. The lowest BCUT2D eigenvalue weighted by Gasteiger charge is -2.31. The van der Waals surface area contributed by atoms with Gasteiger partial charge in [-0.3, -0.25) is 4.79 Å². The van der Waals surface area contributed by atoms with Crippen molar-refractivity contribution in [3.05, 3.63) is 35.0 Å². The van der Waals surface area contributed by atoms with Crippen molar-refractivity contribution < 1.29 is 9.90 Å². The van der Waals surface area contributed by atoms with Gasteiger partial charge in [-0.2, -0.15) is 0 Å². The molecule has 1 aliphatic heterocycles. The molecule has 1 aromatic heterocycles. The molecule has 1 aliphatic rings. The summed E-state index contributed by atoms with van der Waals surface area (Å²) in [6.45, 7) is 1.76. The van der Waals surface area contributed by atoms with Crippen LogP contribution in [0.25, 0.3) is 10.9 Å². The molecule has 0 radical (unpaired) electrons. The van der Waals surface area contributed by atoms with E-state index in [9.17, 15) is 4.79 Å². The third-order valence-corrected chi connectivity index (χ3v) is 4.49. The number of benzene rings is 1. The van der Waals surface area contributed by atoms with Gasteiger partial charge in [-0.1, -0.05) is 17.7 Å². The first-order valence-electron chi connectivity index (χ1n) is 7.36. The number of carbonyl (C=O) groups excluding carboxylic acids is 1. The Balaban J connectivity index is 1.72. The molecule has 4 nitrogen and oxygen atoms in total. The van der Waals surface area contributed by atoms with Gasteiger partial charge < -0.3 is 15.0 Å². The second kappa shape index (κ2) is 6.08. The first-order chi connectivity index (χ1) is 10.2. The molecule has 0 aliphatic carbocycles. The van der Waals surface area contributed by atoms with E-state index in [2.05, 4.69) is 4.98 Å². The molecule has 1 saturated heterocycles. The Kier molecular flexibility index (Phi) is 4.17. The van der Waals surface area contributed by atoms with Crippen LogP contribution >= 0.6 is 11.6 Å². The lowest BCUT2D eigenvalue weighted by atomic mass is 9.94. The number of aromatic amines is 1. The van der Waals surface area contributed by atoms with Gasteiger partial charge in [-0.25, -0.2) is 0 Å². The third kappa shape index (κ3) is 3.06. The monoisotopic (exact) mass is 306 g/mol. The summed E-state index contributed by atoms with van der Waals surface area (Å²) in [6, 6.07) is 7.46. The summed E-state index contributed by atoms with van der Waals surface area (Å²) in [5.41, 5.74) is 1.51. The summed E-state index contributed by atoms with van der Waals surface area (Å²) in [7, 11) is 0. The summed E-state index contributed by atoms with van der Waals surface area (Å²) in [5, 5.41) is 10.6. The maximum atomic E-state index is 12.5. The van der Waals surface area contributed by atoms with E-state index in [1.54, 1.807) is 0 Å². The number of fused-ring (bicyclic) bond motifs is 1. The number of aliphatic hydroxyl groups excluding tert-OH is 1. The summed E-state index contributed by atoms with van der Waals surface area (Å²) in [5.74, 6) is 0.588. The van der Waals surface area contributed by atoms with Gasteiger partial charge in [-0.05, 0) is 43.4 Å². The molecular weight excluding hydrogens is 288 g/mol. The molecule has 0 bridgehead atoms. The second-order valence-electron chi connectivity index (χ2n) is 5.66. The Hall–Kier alpha value is -1.52. The molecule has 2 aromatic rings. The van der Waals surface area contributed by atoms with Crippen molar-refractivity contribution >= 4 is 28.4 Å². The number of hydrogen-bond donors (Lipinski definition) is 2. The maximum Gasteiger partial charge on any atom is 0.270 e. The molecule has 1 aromatic carbocycles. The highest BCUT2D eigenvalue weighted by Crippen LogP contribution is 2.24. The summed E-state index contributed by atoms with van der Waals surface area (Å²) in [6.07, 6.45) is 2.78. The first kappa shape index (κ1) is 14.4. The number of piperidine rings is 1. The topological polar surface area (TPSA) is 56.3 Å². The number of amides is 1. The molecule has 21 heavy (non-hydrogen) atoms. The average Bonchev–Trinajstić information content (AvgIpc) is 2.90. The van der Waals surface area contributed by atoms with E-state index in [4.69, 9.17) is 16.7 Å². The van der Waals surface area contributed by atoms with Gasteiger partial charge in [0.2, 0.25) is 0 Å². The minimum absolute atomic E-state index is 0.0461. The predicted octanol–water partition coefficient (Wildman–Crippen LogP) is 3.06. The lowest BCUT2D eigenvalue weighted by molar-refractivity contribution is 0.0673. The van der Waals surface area contributed by atoms with Crippen molar-refractivity contribution in [2.75, 3.05) is 19.7 Å². The SMILES string of the molecule is O=C(c1cc2ccc(Cl)cc2[nH]1)N1CCC(CCO)CC1. The van der Waals surface area contributed by atoms with E-state index in [0.717, 1.165) is 43.3 Å². The van der Waals surface area contributed by atoms with Gasteiger partial charge in [0.05, 0.1) is 0 Å². The molecule has 112 valence electrons. The quantitative estimate of drug-likeness (QED) is 0.915. The summed E-state index contributed by atoms with van der Waals surface area (Å²) < 4.78 is 0. The molecule has 0 saturated carbocycles. The van der Waals surface area contributed by atoms with Gasteiger partial charge in [0.15, 0.2) is 0 Å². The number of likely N-dealkylation sites (tertiary alicyclic amines) is 1. The highest BCUT2D eigenvalue weighted by Gasteiger charge is 2.24. The van der Waals surface area contributed by atoms with Crippen LogP contribution in [0.15, 0.2) is 24.3 Å². The zero-order valence-corrected chi connectivity index (χ0v) is 12.6. The second-order valence-corrected chi connectivity index (χ2v) is 6.10. The van der Waals surface area contributed by atoms with Crippen LogP contribution in [0.3, 0.4) is 0 Å². The smallest absolute Gasteiger partial charge is 0.270 e. The van der Waals surface area contributed by atoms with Gasteiger partial charge in [0, 0.05) is 35.6 Å². The van der Waals surface area contributed by atoms with Crippen LogP contribution in [-0.2, 0) is 0 Å². The number of hydrogen-bond acceptors (Lipinski definition) is 2. The Labute approximate surface area is 128 Å². The molecule has 0 atom stereocenters. The molecule has 2 heterocycles. The Morgan fingerprint density at radius 1 is 1.33 bits per heavy atom. The number of rotatable bonds is 3. The molecule has 5 heteroatoms. The van der Waals surface area contributed by atoms with Crippen LogP contribution in [0.4, 0.5) is 0 Å². The molecule has 0 unspecified atom stereocenters. The third-order valence-electron chi connectivity index (χ3n) is 4.25. The molecule has 0 spiro atoms. The van der Waals surface area contributed by atoms with Crippen LogP contribution in [0.2, 0.25) is 5.02 Å². The Bertz CT molecular complexity index is 645. The minimum atomic E-state index is 0.0461. The number of carbonyl (C=O) groups is 1. The van der Waals surface area contributed by atoms with Gasteiger partial charge in [-0.15, -0.1) is 0 Å². The van der Waals surface area contributed by atoms with E-state index in [0.29, 0.717) is 16.6 Å². The molecular formula is C16H19ClN2O2. The number of aliphatic hydroxyl groups is 1. The highest BCUT2D eigenvalue weighted by molar-refractivity contribution is 6.31. The lowest BCUT2D eigenvalue weighted by Crippen LogP contribution is -2.38.